The number of aromatic nitrogens is 2. The zero-order valence-corrected chi connectivity index (χ0v) is 17.9. The predicted octanol–water partition coefficient (Wildman–Crippen LogP) is 4.99. The minimum atomic E-state index is -0.385. The third-order valence-corrected chi connectivity index (χ3v) is 5.81. The van der Waals surface area contributed by atoms with Gasteiger partial charge >= 0.3 is 0 Å². The molecule has 3 aromatic heterocycles. The first kappa shape index (κ1) is 20.2. The molecular weight excluding hydrogens is 430 g/mol. The molecule has 0 radical (unpaired) electrons. The summed E-state index contributed by atoms with van der Waals surface area (Å²) in [6.07, 6.45) is 4.87. The van der Waals surface area contributed by atoms with Gasteiger partial charge in [0.2, 0.25) is 0 Å². The lowest BCUT2D eigenvalue weighted by molar-refractivity contribution is 0.255. The Bertz CT molecular complexity index is 1410. The SMILES string of the molecule is COc1cc(-n2ccc3oc(-c4ccc(Cl)cn4)cc3c2=O)ccc1OCC1(C#N)CC1. The monoisotopic (exact) mass is 447 g/mol. The fraction of sp³-hybridized carbons (Fsp3) is 0.208. The van der Waals surface area contributed by atoms with Crippen LogP contribution in [0.15, 0.2) is 64.1 Å². The maximum absolute atomic E-state index is 13.2. The molecule has 0 aliphatic heterocycles. The Balaban J connectivity index is 1.48. The normalized spacial score (nSPS) is 14.2. The van der Waals surface area contributed by atoms with Crippen molar-refractivity contribution in [2.45, 2.75) is 12.8 Å². The number of fused-ring (bicyclic) bond motifs is 1. The van der Waals surface area contributed by atoms with Gasteiger partial charge in [-0.25, -0.2) is 0 Å². The van der Waals surface area contributed by atoms with Gasteiger partial charge < -0.3 is 13.9 Å². The Morgan fingerprint density at radius 1 is 1.22 bits per heavy atom. The predicted molar refractivity (Wildman–Crippen MR) is 119 cm³/mol. The van der Waals surface area contributed by atoms with Gasteiger partial charge in [-0.15, -0.1) is 0 Å². The molecule has 0 bridgehead atoms. The molecule has 0 atom stereocenters. The maximum Gasteiger partial charge on any atom is 0.266 e. The largest absolute Gasteiger partial charge is 0.493 e. The topological polar surface area (TPSA) is 90.3 Å². The second-order valence-electron chi connectivity index (χ2n) is 7.76. The number of ether oxygens (including phenoxy) is 2. The fourth-order valence-corrected chi connectivity index (χ4v) is 3.58. The molecule has 5 rings (SSSR count). The Kier molecular flexibility index (Phi) is 4.87. The summed E-state index contributed by atoms with van der Waals surface area (Å²) in [6.45, 7) is 0.321. The summed E-state index contributed by atoms with van der Waals surface area (Å²) in [6, 6.07) is 14.4. The molecule has 4 aromatic rings. The molecule has 0 spiro atoms. The molecule has 0 saturated heterocycles. The molecule has 3 heterocycles. The van der Waals surface area contributed by atoms with E-state index in [0.717, 1.165) is 12.8 Å². The Hall–Kier alpha value is -3.76. The molecule has 1 aliphatic rings. The first-order chi connectivity index (χ1) is 15.5. The van der Waals surface area contributed by atoms with Gasteiger partial charge in [0.15, 0.2) is 17.3 Å². The number of halogens is 1. The highest BCUT2D eigenvalue weighted by atomic mass is 35.5. The Morgan fingerprint density at radius 2 is 2.06 bits per heavy atom. The van der Waals surface area contributed by atoms with E-state index in [2.05, 4.69) is 11.1 Å². The van der Waals surface area contributed by atoms with Crippen LogP contribution in [-0.4, -0.2) is 23.3 Å². The van der Waals surface area contributed by atoms with Gasteiger partial charge in [0.25, 0.3) is 5.56 Å². The van der Waals surface area contributed by atoms with E-state index in [0.29, 0.717) is 51.2 Å². The van der Waals surface area contributed by atoms with Gasteiger partial charge in [-0.2, -0.15) is 5.26 Å². The number of nitrogens with zero attached hydrogens (tertiary/aromatic N) is 3. The summed E-state index contributed by atoms with van der Waals surface area (Å²) in [7, 11) is 1.54. The molecule has 1 aliphatic carbocycles. The third-order valence-electron chi connectivity index (χ3n) is 5.58. The van der Waals surface area contributed by atoms with Crippen LogP contribution in [0.5, 0.6) is 11.5 Å². The summed E-state index contributed by atoms with van der Waals surface area (Å²) in [4.78, 5) is 17.4. The highest BCUT2D eigenvalue weighted by Gasteiger charge is 2.44. The molecule has 0 amide bonds. The van der Waals surface area contributed by atoms with Crippen LogP contribution < -0.4 is 15.0 Å². The Labute approximate surface area is 188 Å². The summed E-state index contributed by atoms with van der Waals surface area (Å²) in [5.74, 6) is 1.51. The van der Waals surface area contributed by atoms with Crippen LogP contribution in [0.4, 0.5) is 0 Å². The van der Waals surface area contributed by atoms with E-state index in [1.165, 1.54) is 17.9 Å². The molecule has 1 fully saturated rings. The van der Waals surface area contributed by atoms with Crippen molar-refractivity contribution >= 4 is 22.6 Å². The molecule has 160 valence electrons. The standard InChI is InChI=1S/C24H18ClN3O4/c1-30-22-10-16(3-5-20(22)31-14-24(13-26)7-8-24)28-9-6-19-17(23(28)29)11-21(32-19)18-4-2-15(25)12-27-18/h2-6,9-12H,7-8,14H2,1H3. The van der Waals surface area contributed by atoms with Crippen molar-refractivity contribution in [2.24, 2.45) is 5.41 Å². The van der Waals surface area contributed by atoms with E-state index in [9.17, 15) is 10.1 Å². The van der Waals surface area contributed by atoms with Crippen LogP contribution in [0.25, 0.3) is 28.1 Å². The maximum atomic E-state index is 13.2. The van der Waals surface area contributed by atoms with Gasteiger partial charge in [-0.05, 0) is 49.2 Å². The van der Waals surface area contributed by atoms with Crippen molar-refractivity contribution in [1.29, 1.82) is 5.26 Å². The van der Waals surface area contributed by atoms with Crippen molar-refractivity contribution in [3.05, 3.63) is 70.2 Å². The molecule has 8 heteroatoms. The average Bonchev–Trinajstić information content (AvgIpc) is 3.47. The van der Waals surface area contributed by atoms with Crippen LogP contribution >= 0.6 is 11.6 Å². The Morgan fingerprint density at radius 3 is 2.75 bits per heavy atom. The van der Waals surface area contributed by atoms with Crippen LogP contribution in [0.3, 0.4) is 0 Å². The smallest absolute Gasteiger partial charge is 0.266 e. The number of rotatable bonds is 6. The van der Waals surface area contributed by atoms with E-state index in [1.54, 1.807) is 48.7 Å². The van der Waals surface area contributed by atoms with Gasteiger partial charge in [0.1, 0.15) is 17.9 Å². The lowest BCUT2D eigenvalue weighted by Crippen LogP contribution is -2.17. The minimum Gasteiger partial charge on any atom is -0.493 e. The van der Waals surface area contributed by atoms with Crippen molar-refractivity contribution in [1.82, 2.24) is 9.55 Å². The van der Waals surface area contributed by atoms with E-state index < -0.39 is 0 Å². The van der Waals surface area contributed by atoms with Crippen LogP contribution in [0.1, 0.15) is 12.8 Å². The van der Waals surface area contributed by atoms with E-state index >= 15 is 0 Å². The summed E-state index contributed by atoms with van der Waals surface area (Å²) < 4.78 is 18.6. The lowest BCUT2D eigenvalue weighted by atomic mass is 10.1. The number of methoxy groups -OCH3 is 1. The third kappa shape index (κ3) is 3.59. The fourth-order valence-electron chi connectivity index (χ4n) is 3.47. The summed E-state index contributed by atoms with van der Waals surface area (Å²) >= 11 is 5.90. The van der Waals surface area contributed by atoms with Crippen molar-refractivity contribution < 1.29 is 13.9 Å². The molecule has 32 heavy (non-hydrogen) atoms. The van der Waals surface area contributed by atoms with Gasteiger partial charge in [0.05, 0.1) is 34.7 Å². The molecule has 0 N–H and O–H groups in total. The second kappa shape index (κ2) is 7.74. The van der Waals surface area contributed by atoms with Gasteiger partial charge in [-0.3, -0.25) is 14.3 Å². The molecular formula is C24H18ClN3O4. The summed E-state index contributed by atoms with van der Waals surface area (Å²) in [5.41, 5.74) is 1.06. The molecule has 1 aromatic carbocycles. The number of nitriles is 1. The highest BCUT2D eigenvalue weighted by Crippen LogP contribution is 2.45. The first-order valence-corrected chi connectivity index (χ1v) is 10.4. The molecule has 0 unspecified atom stereocenters. The second-order valence-corrected chi connectivity index (χ2v) is 8.19. The number of pyridine rings is 2. The zero-order chi connectivity index (χ0) is 22.3. The first-order valence-electron chi connectivity index (χ1n) is 10.0. The zero-order valence-electron chi connectivity index (χ0n) is 17.2. The van der Waals surface area contributed by atoms with Crippen LogP contribution in [-0.2, 0) is 0 Å². The van der Waals surface area contributed by atoms with Crippen molar-refractivity contribution in [3.63, 3.8) is 0 Å². The van der Waals surface area contributed by atoms with Crippen molar-refractivity contribution in [2.75, 3.05) is 13.7 Å². The highest BCUT2D eigenvalue weighted by molar-refractivity contribution is 6.30. The van der Waals surface area contributed by atoms with Crippen molar-refractivity contribution in [3.8, 4) is 34.7 Å². The van der Waals surface area contributed by atoms with Crippen LogP contribution in [0.2, 0.25) is 5.02 Å². The van der Waals surface area contributed by atoms with Crippen LogP contribution in [0, 0.1) is 16.7 Å². The summed E-state index contributed by atoms with van der Waals surface area (Å²) in [5, 5.41) is 10.2. The number of hydrogen-bond acceptors (Lipinski definition) is 6. The number of furan rings is 1. The van der Waals surface area contributed by atoms with E-state index in [-0.39, 0.29) is 11.0 Å². The lowest BCUT2D eigenvalue weighted by Gasteiger charge is -2.14. The van der Waals surface area contributed by atoms with E-state index in [1.807, 2.05) is 0 Å². The van der Waals surface area contributed by atoms with E-state index in [4.69, 9.17) is 25.5 Å². The minimum absolute atomic E-state index is 0.233. The quantitative estimate of drug-likeness (QED) is 0.413. The van der Waals surface area contributed by atoms with Gasteiger partial charge in [0, 0.05) is 18.5 Å². The average molecular weight is 448 g/mol. The molecule has 1 saturated carbocycles. The number of benzene rings is 1. The number of hydrogen-bond donors (Lipinski definition) is 0. The van der Waals surface area contributed by atoms with Gasteiger partial charge in [-0.1, -0.05) is 11.6 Å². The molecule has 7 nitrogen and oxygen atoms in total.